The molecule has 0 aromatic carbocycles. The van der Waals surface area contributed by atoms with E-state index in [0.717, 1.165) is 22.2 Å². The van der Waals surface area contributed by atoms with Crippen molar-refractivity contribution in [2.75, 3.05) is 0 Å². The molecular formula is C30H62O3Si4. The zero-order valence-corrected chi connectivity index (χ0v) is 29.7. The minimum Gasteiger partial charge on any atom is -0.436 e. The minimum absolute atomic E-state index is 0.842. The van der Waals surface area contributed by atoms with Crippen LogP contribution in [0.4, 0.5) is 0 Å². The molecule has 0 spiro atoms. The molecule has 0 unspecified atom stereocenters. The quantitative estimate of drug-likeness (QED) is 0.240. The van der Waals surface area contributed by atoms with Gasteiger partial charge in [0, 0.05) is 0 Å². The van der Waals surface area contributed by atoms with Crippen LogP contribution < -0.4 is 0 Å². The second kappa shape index (κ2) is 13.2. The molecule has 7 heteroatoms. The van der Waals surface area contributed by atoms with Crippen molar-refractivity contribution < 1.29 is 12.3 Å². The molecule has 0 N–H and O–H groups in total. The smallest absolute Gasteiger partial charge is 0.312 e. The van der Waals surface area contributed by atoms with Crippen molar-refractivity contribution >= 4 is 33.8 Å². The van der Waals surface area contributed by atoms with Crippen molar-refractivity contribution in [2.24, 2.45) is 0 Å². The lowest BCUT2D eigenvalue weighted by molar-refractivity contribution is 0.292. The van der Waals surface area contributed by atoms with Gasteiger partial charge in [-0.1, -0.05) is 128 Å². The molecule has 4 aliphatic rings. The Morgan fingerprint density at radius 1 is 0.324 bits per heavy atom. The maximum absolute atomic E-state index is 7.57. The van der Waals surface area contributed by atoms with Crippen molar-refractivity contribution in [3.05, 3.63) is 0 Å². The molecule has 216 valence electrons. The molecule has 4 aliphatic carbocycles. The van der Waals surface area contributed by atoms with Gasteiger partial charge >= 0.3 is 17.1 Å². The highest BCUT2D eigenvalue weighted by Gasteiger charge is 2.54. The van der Waals surface area contributed by atoms with Gasteiger partial charge < -0.3 is 12.3 Å². The highest BCUT2D eigenvalue weighted by Crippen LogP contribution is 2.52. The summed E-state index contributed by atoms with van der Waals surface area (Å²) >= 11 is 0. The molecular weight excluding hydrogens is 521 g/mol. The van der Waals surface area contributed by atoms with Crippen molar-refractivity contribution in [1.82, 2.24) is 0 Å². The van der Waals surface area contributed by atoms with Crippen LogP contribution >= 0.6 is 0 Å². The van der Waals surface area contributed by atoms with Gasteiger partial charge in [-0.25, -0.2) is 0 Å². The van der Waals surface area contributed by atoms with Gasteiger partial charge in [0.1, 0.15) is 0 Å². The van der Waals surface area contributed by atoms with E-state index < -0.39 is 33.8 Å². The first-order valence-electron chi connectivity index (χ1n) is 16.6. The summed E-state index contributed by atoms with van der Waals surface area (Å²) in [4.78, 5) is 0. The summed E-state index contributed by atoms with van der Waals surface area (Å²) in [6, 6.07) is 0. The first-order chi connectivity index (χ1) is 17.5. The molecule has 0 saturated heterocycles. The first-order valence-corrected chi connectivity index (χ1v) is 27.4. The van der Waals surface area contributed by atoms with E-state index in [2.05, 4.69) is 39.3 Å². The summed E-state index contributed by atoms with van der Waals surface area (Å²) in [5, 5.41) is 0. The molecule has 4 saturated carbocycles. The Labute approximate surface area is 235 Å². The van der Waals surface area contributed by atoms with E-state index >= 15 is 0 Å². The van der Waals surface area contributed by atoms with Crippen LogP contribution in [-0.2, 0) is 12.3 Å². The Balaban J connectivity index is 1.50. The number of hydrogen-bond acceptors (Lipinski definition) is 3. The highest BCUT2D eigenvalue weighted by molar-refractivity contribution is 6.91. The molecule has 0 aliphatic heterocycles. The van der Waals surface area contributed by atoms with E-state index in [4.69, 9.17) is 12.3 Å². The average molecular weight is 583 g/mol. The van der Waals surface area contributed by atoms with Gasteiger partial charge in [0.05, 0.1) is 0 Å². The van der Waals surface area contributed by atoms with Gasteiger partial charge in [-0.15, -0.1) is 0 Å². The largest absolute Gasteiger partial charge is 0.436 e. The molecule has 0 radical (unpaired) electrons. The number of hydrogen-bond donors (Lipinski definition) is 0. The highest BCUT2D eigenvalue weighted by atomic mass is 28.5. The third-order valence-corrected chi connectivity index (χ3v) is 31.3. The summed E-state index contributed by atoms with van der Waals surface area (Å²) in [6.07, 6.45) is 28.4. The van der Waals surface area contributed by atoms with Crippen LogP contribution in [0.15, 0.2) is 0 Å². The fraction of sp³-hybridized carbons (Fsp3) is 1.00. The Kier molecular flexibility index (Phi) is 10.9. The molecule has 0 atom stereocenters. The van der Waals surface area contributed by atoms with Crippen molar-refractivity contribution in [3.8, 4) is 0 Å². The monoisotopic (exact) mass is 582 g/mol. The molecule has 0 bridgehead atoms. The molecule has 0 aromatic rings. The fourth-order valence-electron chi connectivity index (χ4n) is 9.40. The first kappa shape index (κ1) is 30.7. The van der Waals surface area contributed by atoms with Crippen LogP contribution in [0.2, 0.25) is 61.4 Å². The normalized spacial score (nSPS) is 25.5. The van der Waals surface area contributed by atoms with E-state index in [9.17, 15) is 0 Å². The van der Waals surface area contributed by atoms with Crippen LogP contribution in [0.5, 0.6) is 0 Å². The van der Waals surface area contributed by atoms with E-state index in [1.54, 1.807) is 0 Å². The standard InChI is InChI=1S/C30H62O3Si4/c1-34(2,32-36(5,27-19-11-7-12-20-27)28-21-13-8-14-22-28)31-35(3,4)33-37(6,29-23-15-9-16-24-29)30-25-17-10-18-26-30/h27-30H,7-26H2,1-6H3. The molecule has 0 heterocycles. The summed E-state index contributed by atoms with van der Waals surface area (Å²) in [6.45, 7) is 14.9. The van der Waals surface area contributed by atoms with Crippen LogP contribution in [0.3, 0.4) is 0 Å². The third kappa shape index (κ3) is 7.94. The molecule has 0 amide bonds. The minimum atomic E-state index is -2.32. The maximum Gasteiger partial charge on any atom is 0.312 e. The Morgan fingerprint density at radius 3 is 0.757 bits per heavy atom. The molecule has 0 aromatic heterocycles. The summed E-state index contributed by atoms with van der Waals surface area (Å²) in [7, 11) is -8.42. The van der Waals surface area contributed by atoms with Gasteiger partial charge in [-0.05, 0) is 61.4 Å². The van der Waals surface area contributed by atoms with Gasteiger partial charge in [0.2, 0.25) is 0 Å². The van der Waals surface area contributed by atoms with Crippen LogP contribution in [0.25, 0.3) is 0 Å². The lowest BCUT2D eigenvalue weighted by Crippen LogP contribution is -2.61. The summed E-state index contributed by atoms with van der Waals surface area (Å²) in [5.74, 6) is 0. The zero-order valence-electron chi connectivity index (χ0n) is 25.7. The van der Waals surface area contributed by atoms with Crippen molar-refractivity contribution in [2.45, 2.75) is 190 Å². The van der Waals surface area contributed by atoms with E-state index in [0.29, 0.717) is 0 Å². The SMILES string of the molecule is C[Si](C)(O[Si](C)(C)O[Si](C)(C1CCCCC1)C1CCCCC1)O[Si](C)(C1CCCCC1)C1CCCCC1. The molecule has 3 nitrogen and oxygen atoms in total. The lowest BCUT2D eigenvalue weighted by atomic mass is 9.99. The summed E-state index contributed by atoms with van der Waals surface area (Å²) in [5.41, 5.74) is 3.37. The second-order valence-electron chi connectivity index (χ2n) is 14.8. The van der Waals surface area contributed by atoms with Crippen molar-refractivity contribution in [3.63, 3.8) is 0 Å². The third-order valence-electron chi connectivity index (χ3n) is 11.1. The summed E-state index contributed by atoms with van der Waals surface area (Å²) < 4.78 is 22.4. The van der Waals surface area contributed by atoms with Gasteiger partial charge in [0.15, 0.2) is 16.6 Å². The molecule has 4 fully saturated rings. The van der Waals surface area contributed by atoms with Crippen LogP contribution in [0, 0.1) is 0 Å². The van der Waals surface area contributed by atoms with Crippen molar-refractivity contribution in [1.29, 1.82) is 0 Å². The topological polar surface area (TPSA) is 27.7 Å². The Bertz CT molecular complexity index is 597. The van der Waals surface area contributed by atoms with Gasteiger partial charge in [-0.3, -0.25) is 0 Å². The fourth-order valence-corrected chi connectivity index (χ4v) is 33.9. The maximum atomic E-state index is 7.57. The Hall–Kier alpha value is 0.748. The van der Waals surface area contributed by atoms with E-state index in [1.165, 1.54) is 128 Å². The van der Waals surface area contributed by atoms with Crippen LogP contribution in [-0.4, -0.2) is 33.8 Å². The number of rotatable bonds is 10. The van der Waals surface area contributed by atoms with Crippen LogP contribution in [0.1, 0.15) is 128 Å². The average Bonchev–Trinajstić information content (AvgIpc) is 2.89. The van der Waals surface area contributed by atoms with E-state index in [-0.39, 0.29) is 0 Å². The predicted octanol–water partition coefficient (Wildman–Crippen LogP) is 10.9. The second-order valence-corrected chi connectivity index (χ2v) is 30.9. The Morgan fingerprint density at radius 2 is 0.541 bits per heavy atom. The van der Waals surface area contributed by atoms with Gasteiger partial charge in [-0.2, -0.15) is 0 Å². The molecule has 37 heavy (non-hydrogen) atoms. The lowest BCUT2D eigenvalue weighted by Gasteiger charge is -2.51. The van der Waals surface area contributed by atoms with E-state index in [1.807, 2.05) is 0 Å². The predicted molar refractivity (Wildman–Crippen MR) is 169 cm³/mol. The zero-order chi connectivity index (χ0) is 26.6. The van der Waals surface area contributed by atoms with Gasteiger partial charge in [0.25, 0.3) is 0 Å². The molecule has 4 rings (SSSR count).